The lowest BCUT2D eigenvalue weighted by molar-refractivity contribution is -0.123. The number of aromatic nitrogens is 1. The third kappa shape index (κ3) is 5.02. The maximum Gasteiger partial charge on any atom is 0.277 e. The van der Waals surface area contributed by atoms with Crippen LogP contribution in [0.25, 0.3) is 5.69 Å². The van der Waals surface area contributed by atoms with Crippen LogP contribution in [0.5, 0.6) is 5.75 Å². The molecule has 0 bridgehead atoms. The molecule has 0 fully saturated rings. The predicted molar refractivity (Wildman–Crippen MR) is 122 cm³/mol. The molecule has 0 radical (unpaired) electrons. The van der Waals surface area contributed by atoms with E-state index < -0.39 is 0 Å². The van der Waals surface area contributed by atoms with Crippen LogP contribution < -0.4 is 15.1 Å². The van der Waals surface area contributed by atoms with Crippen molar-refractivity contribution < 1.29 is 9.53 Å². The third-order valence-electron chi connectivity index (χ3n) is 4.68. The van der Waals surface area contributed by atoms with Crippen molar-refractivity contribution in [3.63, 3.8) is 0 Å². The number of nitrogens with zero attached hydrogens (tertiary/aromatic N) is 3. The first-order chi connectivity index (χ1) is 14.4. The van der Waals surface area contributed by atoms with Gasteiger partial charge in [0.15, 0.2) is 6.61 Å². The second-order valence-corrected chi connectivity index (χ2v) is 7.49. The summed E-state index contributed by atoms with van der Waals surface area (Å²) < 4.78 is 7.56. The molecule has 30 heavy (non-hydrogen) atoms. The summed E-state index contributed by atoms with van der Waals surface area (Å²) in [4.78, 5) is 14.0. The molecule has 0 saturated carbocycles. The Labute approximate surface area is 181 Å². The predicted octanol–water partition coefficient (Wildman–Crippen LogP) is 4.34. The molecule has 6 nitrogen and oxygen atoms in total. The Kier molecular flexibility index (Phi) is 6.79. The number of benzene rings is 2. The van der Waals surface area contributed by atoms with Crippen LogP contribution >= 0.6 is 11.6 Å². The van der Waals surface area contributed by atoms with Crippen molar-refractivity contribution >= 4 is 29.4 Å². The van der Waals surface area contributed by atoms with E-state index >= 15 is 0 Å². The quantitative estimate of drug-likeness (QED) is 0.453. The van der Waals surface area contributed by atoms with Crippen molar-refractivity contribution in [2.24, 2.45) is 5.10 Å². The number of hydrazone groups is 1. The zero-order valence-corrected chi connectivity index (χ0v) is 18.3. The second-order valence-electron chi connectivity index (χ2n) is 7.08. The first kappa shape index (κ1) is 21.5. The number of carbonyl (C=O) groups is 1. The summed E-state index contributed by atoms with van der Waals surface area (Å²) in [5.74, 6) is 0.0985. The first-order valence-corrected chi connectivity index (χ1v) is 9.90. The van der Waals surface area contributed by atoms with E-state index in [0.29, 0.717) is 10.8 Å². The molecule has 0 aliphatic rings. The van der Waals surface area contributed by atoms with Crippen LogP contribution in [0.1, 0.15) is 17.0 Å². The van der Waals surface area contributed by atoms with Crippen LogP contribution in [0, 0.1) is 13.8 Å². The van der Waals surface area contributed by atoms with E-state index in [0.717, 1.165) is 28.3 Å². The first-order valence-electron chi connectivity index (χ1n) is 9.52. The molecule has 0 aliphatic heterocycles. The molecule has 0 aliphatic carbocycles. The molecule has 1 amide bonds. The molecule has 3 aromatic rings. The van der Waals surface area contributed by atoms with E-state index in [4.69, 9.17) is 16.3 Å². The number of anilines is 1. The second kappa shape index (κ2) is 9.50. The average Bonchev–Trinajstić information content (AvgIpc) is 3.00. The van der Waals surface area contributed by atoms with Gasteiger partial charge >= 0.3 is 0 Å². The van der Waals surface area contributed by atoms with Gasteiger partial charge in [0.25, 0.3) is 5.91 Å². The minimum atomic E-state index is -0.362. The van der Waals surface area contributed by atoms with Crippen LogP contribution in [0.3, 0.4) is 0 Å². The number of ether oxygens (including phenoxy) is 1. The van der Waals surface area contributed by atoms with Gasteiger partial charge in [0.1, 0.15) is 5.75 Å². The molecule has 1 N–H and O–H groups in total. The topological polar surface area (TPSA) is 58.9 Å². The van der Waals surface area contributed by atoms with Crippen molar-refractivity contribution in [2.45, 2.75) is 13.8 Å². The molecule has 2 aromatic carbocycles. The van der Waals surface area contributed by atoms with E-state index in [1.54, 1.807) is 30.5 Å². The number of nitrogens with one attached hydrogen (secondary N) is 1. The Morgan fingerprint density at radius 2 is 1.87 bits per heavy atom. The number of hydrogen-bond donors (Lipinski definition) is 1. The molecule has 156 valence electrons. The Morgan fingerprint density at radius 1 is 1.17 bits per heavy atom. The van der Waals surface area contributed by atoms with Crippen LogP contribution in [-0.4, -0.2) is 37.4 Å². The van der Waals surface area contributed by atoms with Gasteiger partial charge in [-0.05, 0) is 56.3 Å². The lowest BCUT2D eigenvalue weighted by atomic mass is 10.2. The molecule has 3 rings (SSSR count). The summed E-state index contributed by atoms with van der Waals surface area (Å²) >= 11 is 6.01. The highest BCUT2D eigenvalue weighted by atomic mass is 35.5. The minimum absolute atomic E-state index is 0.168. The highest BCUT2D eigenvalue weighted by Crippen LogP contribution is 2.23. The Hall–Kier alpha value is -3.25. The number of para-hydroxylation sites is 1. The van der Waals surface area contributed by atoms with Crippen LogP contribution in [0.15, 0.2) is 59.7 Å². The maximum atomic E-state index is 12.0. The van der Waals surface area contributed by atoms with E-state index in [9.17, 15) is 4.79 Å². The SMILES string of the molecule is Cc1cc(/C=N\NC(=O)COc2ccccc2Cl)c(C)n1-c1ccc(N(C)C)cc1. The molecule has 7 heteroatoms. The molecule has 1 heterocycles. The standard InChI is InChI=1S/C23H25ClN4O2/c1-16-13-18(17(2)28(16)20-11-9-19(10-12-20)27(3)4)14-25-26-23(29)15-30-22-8-6-5-7-21(22)24/h5-14H,15H2,1-4H3,(H,26,29)/b25-14-. The van der Waals surface area contributed by atoms with Crippen molar-refractivity contribution in [3.05, 3.63) is 76.6 Å². The number of amides is 1. The van der Waals surface area contributed by atoms with Crippen LogP contribution in [0.4, 0.5) is 5.69 Å². The van der Waals surface area contributed by atoms with Gasteiger partial charge in [-0.1, -0.05) is 23.7 Å². The van der Waals surface area contributed by atoms with E-state index in [2.05, 4.69) is 44.3 Å². The minimum Gasteiger partial charge on any atom is -0.482 e. The monoisotopic (exact) mass is 424 g/mol. The normalized spacial score (nSPS) is 11.0. The lowest BCUT2D eigenvalue weighted by Gasteiger charge is -2.14. The smallest absolute Gasteiger partial charge is 0.277 e. The Morgan fingerprint density at radius 3 is 2.53 bits per heavy atom. The third-order valence-corrected chi connectivity index (χ3v) is 5.00. The fourth-order valence-electron chi connectivity index (χ4n) is 3.13. The number of rotatable bonds is 7. The van der Waals surface area contributed by atoms with Gasteiger partial charge in [0, 0.05) is 42.4 Å². The lowest BCUT2D eigenvalue weighted by Crippen LogP contribution is -2.24. The molecule has 0 saturated heterocycles. The summed E-state index contributed by atoms with van der Waals surface area (Å²) in [7, 11) is 4.03. The summed E-state index contributed by atoms with van der Waals surface area (Å²) in [5, 5.41) is 4.52. The Balaban J connectivity index is 1.64. The van der Waals surface area contributed by atoms with Crippen molar-refractivity contribution in [3.8, 4) is 11.4 Å². The Bertz CT molecular complexity index is 1060. The molecular weight excluding hydrogens is 400 g/mol. The number of aryl methyl sites for hydroxylation is 1. The largest absolute Gasteiger partial charge is 0.482 e. The van der Waals surface area contributed by atoms with Gasteiger partial charge in [-0.2, -0.15) is 5.10 Å². The van der Waals surface area contributed by atoms with Gasteiger partial charge in [-0.25, -0.2) is 5.43 Å². The average molecular weight is 425 g/mol. The fraction of sp³-hybridized carbons (Fsp3) is 0.217. The molecule has 1 aromatic heterocycles. The summed E-state index contributed by atoms with van der Waals surface area (Å²) in [6.07, 6.45) is 1.64. The van der Waals surface area contributed by atoms with Gasteiger partial charge in [-0.15, -0.1) is 0 Å². The maximum absolute atomic E-state index is 12.0. The van der Waals surface area contributed by atoms with E-state index in [1.807, 2.05) is 34.0 Å². The number of hydrogen-bond acceptors (Lipinski definition) is 4. The molecule has 0 unspecified atom stereocenters. The van der Waals surface area contributed by atoms with Gasteiger partial charge in [0.2, 0.25) is 0 Å². The highest BCUT2D eigenvalue weighted by Gasteiger charge is 2.10. The highest BCUT2D eigenvalue weighted by molar-refractivity contribution is 6.32. The van der Waals surface area contributed by atoms with Crippen LogP contribution in [0.2, 0.25) is 5.02 Å². The molecule has 0 spiro atoms. The van der Waals surface area contributed by atoms with Gasteiger partial charge in [-0.3, -0.25) is 4.79 Å². The van der Waals surface area contributed by atoms with Crippen LogP contribution in [-0.2, 0) is 4.79 Å². The number of carbonyl (C=O) groups excluding carboxylic acids is 1. The zero-order chi connectivity index (χ0) is 21.7. The fourth-order valence-corrected chi connectivity index (χ4v) is 3.32. The van der Waals surface area contributed by atoms with Gasteiger partial charge < -0.3 is 14.2 Å². The van der Waals surface area contributed by atoms with Crippen molar-refractivity contribution in [2.75, 3.05) is 25.6 Å². The summed E-state index contributed by atoms with van der Waals surface area (Å²) in [6.45, 7) is 3.90. The molecular formula is C23H25ClN4O2. The zero-order valence-electron chi connectivity index (χ0n) is 17.5. The molecule has 0 atom stereocenters. The van der Waals surface area contributed by atoms with Crippen molar-refractivity contribution in [1.82, 2.24) is 9.99 Å². The van der Waals surface area contributed by atoms with E-state index in [-0.39, 0.29) is 12.5 Å². The summed E-state index contributed by atoms with van der Waals surface area (Å²) in [5.41, 5.74) is 7.75. The summed E-state index contributed by atoms with van der Waals surface area (Å²) in [6, 6.07) is 17.4. The van der Waals surface area contributed by atoms with Gasteiger partial charge in [0.05, 0.1) is 11.2 Å². The number of halogens is 1. The van der Waals surface area contributed by atoms with E-state index in [1.165, 1.54) is 0 Å². The van der Waals surface area contributed by atoms with Crippen molar-refractivity contribution in [1.29, 1.82) is 0 Å².